The fourth-order valence-corrected chi connectivity index (χ4v) is 7.10. The number of carboxylic acid groups (broad SMARTS) is 1. The van der Waals surface area contributed by atoms with Crippen LogP contribution in [0.25, 0.3) is 5.57 Å². The molecule has 0 aromatic heterocycles. The van der Waals surface area contributed by atoms with Gasteiger partial charge < -0.3 is 10.0 Å². The Kier molecular flexibility index (Phi) is 6.50. The Morgan fingerprint density at radius 2 is 1.79 bits per heavy atom. The minimum Gasteiger partial charge on any atom is -0.478 e. The molecule has 0 amide bonds. The molecule has 0 bridgehead atoms. The number of carboxylic acids is 1. The topological polar surface area (TPSA) is 40.5 Å². The van der Waals surface area contributed by atoms with Crippen LogP contribution in [0.4, 0.5) is 13.2 Å². The zero-order chi connectivity index (χ0) is 26.5. The molecule has 1 saturated carbocycles. The lowest BCUT2D eigenvalue weighted by Gasteiger charge is -2.52. The van der Waals surface area contributed by atoms with Gasteiger partial charge in [-0.05, 0) is 95.5 Å². The third kappa shape index (κ3) is 4.84. The normalized spacial score (nSPS) is 22.1. The molecule has 1 saturated heterocycles. The van der Waals surface area contributed by atoms with Crippen LogP contribution in [0.5, 0.6) is 0 Å². The van der Waals surface area contributed by atoms with Gasteiger partial charge in [-0.25, -0.2) is 13.6 Å². The lowest BCUT2D eigenvalue weighted by Crippen LogP contribution is -2.48. The molecule has 4 aliphatic rings. The number of aryl methyl sites for hydroxylation is 1. The van der Waals surface area contributed by atoms with Crippen molar-refractivity contribution in [1.82, 2.24) is 4.90 Å². The van der Waals surface area contributed by atoms with Crippen LogP contribution in [0.3, 0.4) is 0 Å². The molecule has 3 aliphatic carbocycles. The fourth-order valence-electron chi connectivity index (χ4n) is 7.10. The summed E-state index contributed by atoms with van der Waals surface area (Å²) in [7, 11) is 0. The van der Waals surface area contributed by atoms with E-state index >= 15 is 0 Å². The molecule has 200 valence electrons. The number of hydrogen-bond acceptors (Lipinski definition) is 2. The highest BCUT2D eigenvalue weighted by Gasteiger charge is 2.58. The average molecular weight is 522 g/mol. The summed E-state index contributed by atoms with van der Waals surface area (Å²) in [5.74, 6) is -2.87. The number of rotatable bonds is 8. The van der Waals surface area contributed by atoms with E-state index < -0.39 is 11.9 Å². The molecule has 1 spiro atoms. The fraction of sp³-hybridized carbons (Fsp3) is 0.469. The Hall–Kier alpha value is -2.86. The average Bonchev–Trinajstić information content (AvgIpc) is 3.01. The van der Waals surface area contributed by atoms with Crippen molar-refractivity contribution in [1.29, 1.82) is 0 Å². The summed E-state index contributed by atoms with van der Waals surface area (Å²) >= 11 is 0. The molecule has 1 aliphatic heterocycles. The van der Waals surface area contributed by atoms with E-state index in [1.54, 1.807) is 12.1 Å². The van der Waals surface area contributed by atoms with Crippen molar-refractivity contribution < 1.29 is 23.1 Å². The van der Waals surface area contributed by atoms with Crippen molar-refractivity contribution in [3.05, 3.63) is 87.5 Å². The highest BCUT2D eigenvalue weighted by Crippen LogP contribution is 2.63. The molecule has 6 rings (SSSR count). The first-order valence-electron chi connectivity index (χ1n) is 13.8. The Balaban J connectivity index is 1.30. The maximum Gasteiger partial charge on any atom is 0.335 e. The Bertz CT molecular complexity index is 1300. The van der Waals surface area contributed by atoms with Crippen LogP contribution in [0.1, 0.15) is 71.1 Å². The molecule has 2 aromatic carbocycles. The van der Waals surface area contributed by atoms with E-state index in [1.807, 2.05) is 6.07 Å². The Morgan fingerprint density at radius 3 is 2.45 bits per heavy atom. The van der Waals surface area contributed by atoms with E-state index in [0.29, 0.717) is 24.3 Å². The van der Waals surface area contributed by atoms with E-state index in [-0.39, 0.29) is 24.9 Å². The minimum atomic E-state index is -2.54. The summed E-state index contributed by atoms with van der Waals surface area (Å²) in [6.07, 6.45) is 6.83. The zero-order valence-electron chi connectivity index (χ0n) is 21.6. The smallest absolute Gasteiger partial charge is 0.335 e. The van der Waals surface area contributed by atoms with Crippen LogP contribution in [0.15, 0.2) is 59.7 Å². The molecule has 2 fully saturated rings. The molecule has 0 unspecified atom stereocenters. The maximum absolute atomic E-state index is 13.7. The largest absolute Gasteiger partial charge is 0.478 e. The lowest BCUT2D eigenvalue weighted by molar-refractivity contribution is -0.147. The van der Waals surface area contributed by atoms with Crippen molar-refractivity contribution in [2.75, 3.05) is 26.3 Å². The quantitative estimate of drug-likeness (QED) is 0.403. The van der Waals surface area contributed by atoms with Crippen molar-refractivity contribution in [3.63, 3.8) is 0 Å². The van der Waals surface area contributed by atoms with E-state index in [0.717, 1.165) is 67.6 Å². The van der Waals surface area contributed by atoms with Crippen LogP contribution in [0.2, 0.25) is 0 Å². The third-order valence-corrected chi connectivity index (χ3v) is 8.84. The monoisotopic (exact) mass is 521 g/mol. The molecule has 3 nitrogen and oxygen atoms in total. The summed E-state index contributed by atoms with van der Waals surface area (Å²) in [6, 6.07) is 14.1. The summed E-state index contributed by atoms with van der Waals surface area (Å²) < 4.78 is 39.7. The van der Waals surface area contributed by atoms with Gasteiger partial charge in [0.1, 0.15) is 0 Å². The Morgan fingerprint density at radius 1 is 1.05 bits per heavy atom. The van der Waals surface area contributed by atoms with Crippen LogP contribution < -0.4 is 0 Å². The van der Waals surface area contributed by atoms with Gasteiger partial charge in [0.25, 0.3) is 0 Å². The summed E-state index contributed by atoms with van der Waals surface area (Å²) in [4.78, 5) is 13.9. The van der Waals surface area contributed by atoms with Gasteiger partial charge in [-0.1, -0.05) is 36.4 Å². The third-order valence-electron chi connectivity index (χ3n) is 8.84. The second kappa shape index (κ2) is 9.71. The second-order valence-corrected chi connectivity index (χ2v) is 11.9. The Labute approximate surface area is 222 Å². The highest BCUT2D eigenvalue weighted by molar-refractivity contribution is 5.91. The summed E-state index contributed by atoms with van der Waals surface area (Å²) in [5.41, 5.74) is 7.93. The number of allylic oxidation sites excluding steroid dienone is 3. The predicted molar refractivity (Wildman–Crippen MR) is 142 cm³/mol. The predicted octanol–water partition coefficient (Wildman–Crippen LogP) is 7.10. The summed E-state index contributed by atoms with van der Waals surface area (Å²) in [5, 5.41) is 9.54. The molecule has 2 aromatic rings. The molecule has 1 heterocycles. The standard InChI is InChI=1S/C32H34F3NO2/c33-11-2-12-36-17-22(18-36)13-21-5-7-23(8-6-21)29-27(26-15-31(16-26)19-32(34,35)20-31)4-1-3-24-14-25(30(37)38)9-10-28(24)29/h5-10,14-15,22H,1-4,11-13,16-20H2,(H,37,38). The van der Waals surface area contributed by atoms with Crippen molar-refractivity contribution in [3.8, 4) is 0 Å². The lowest BCUT2D eigenvalue weighted by atomic mass is 9.55. The molecule has 0 radical (unpaired) electrons. The number of aromatic carboxylic acids is 1. The van der Waals surface area contributed by atoms with Gasteiger partial charge in [-0.15, -0.1) is 0 Å². The first-order chi connectivity index (χ1) is 18.2. The maximum atomic E-state index is 13.7. The molecule has 38 heavy (non-hydrogen) atoms. The number of hydrogen-bond donors (Lipinski definition) is 1. The number of fused-ring (bicyclic) bond motifs is 1. The molecule has 1 N–H and O–H groups in total. The van der Waals surface area contributed by atoms with Gasteiger partial charge >= 0.3 is 5.97 Å². The number of nitrogens with zero attached hydrogens (tertiary/aromatic N) is 1. The van der Waals surface area contributed by atoms with Crippen molar-refractivity contribution >= 4 is 11.5 Å². The zero-order valence-corrected chi connectivity index (χ0v) is 21.6. The molecule has 0 atom stereocenters. The van der Waals surface area contributed by atoms with Crippen molar-refractivity contribution in [2.45, 2.75) is 57.3 Å². The van der Waals surface area contributed by atoms with Crippen molar-refractivity contribution in [2.24, 2.45) is 11.3 Å². The van der Waals surface area contributed by atoms with E-state index in [1.165, 1.54) is 16.7 Å². The van der Waals surface area contributed by atoms with Gasteiger partial charge in [0.15, 0.2) is 0 Å². The SMILES string of the molecule is O=C(O)c1ccc2c(c1)CCCC(C1=CC3(C1)CC(F)(F)C3)=C2c1ccc(CC2CN(CCCF)C2)cc1. The van der Waals surface area contributed by atoms with Gasteiger partial charge in [0.05, 0.1) is 12.2 Å². The first kappa shape index (κ1) is 25.4. The van der Waals surface area contributed by atoms with Crippen LogP contribution in [-0.2, 0) is 12.8 Å². The first-order valence-corrected chi connectivity index (χ1v) is 13.8. The van der Waals surface area contributed by atoms with Gasteiger partial charge in [0.2, 0.25) is 5.92 Å². The van der Waals surface area contributed by atoms with Gasteiger partial charge in [0, 0.05) is 37.9 Å². The van der Waals surface area contributed by atoms with Crippen LogP contribution in [0, 0.1) is 11.3 Å². The molecular formula is C32H34F3NO2. The van der Waals surface area contributed by atoms with E-state index in [2.05, 4.69) is 35.2 Å². The van der Waals surface area contributed by atoms with Crippen LogP contribution in [-0.4, -0.2) is 48.2 Å². The highest BCUT2D eigenvalue weighted by atomic mass is 19.3. The molecular weight excluding hydrogens is 487 g/mol. The number of halogens is 3. The second-order valence-electron chi connectivity index (χ2n) is 11.9. The number of benzene rings is 2. The molecule has 6 heteroatoms. The van der Waals surface area contributed by atoms with Crippen LogP contribution >= 0.6 is 0 Å². The van der Waals surface area contributed by atoms with E-state index in [9.17, 15) is 23.1 Å². The number of likely N-dealkylation sites (tertiary alicyclic amines) is 1. The number of alkyl halides is 3. The van der Waals surface area contributed by atoms with Gasteiger partial charge in [-0.3, -0.25) is 4.39 Å². The number of carbonyl (C=O) groups is 1. The minimum absolute atomic E-state index is 0.0499. The van der Waals surface area contributed by atoms with E-state index in [4.69, 9.17) is 0 Å². The summed E-state index contributed by atoms with van der Waals surface area (Å²) in [6.45, 7) is 2.61. The van der Waals surface area contributed by atoms with Gasteiger partial charge in [-0.2, -0.15) is 0 Å².